The molecule has 64 valence electrons. The fourth-order valence-electron chi connectivity index (χ4n) is 0.760. The Morgan fingerprint density at radius 1 is 1.50 bits per heavy atom. The third kappa shape index (κ3) is 2.67. The molecule has 1 amide bonds. The molecule has 1 aromatic heterocycles. The highest BCUT2D eigenvalue weighted by Gasteiger charge is 1.98. The number of anilines is 1. The minimum absolute atomic E-state index is 0.127. The Labute approximate surface area is 70.3 Å². The SMILES string of the molecule is O=C(CCO)Nc1ccncc1. The molecule has 2 N–H and O–H groups in total. The van der Waals surface area contributed by atoms with E-state index in [2.05, 4.69) is 10.3 Å². The van der Waals surface area contributed by atoms with Gasteiger partial charge in [-0.25, -0.2) is 0 Å². The lowest BCUT2D eigenvalue weighted by molar-refractivity contribution is -0.116. The standard InChI is InChI=1S/C8H10N2O2/c11-6-3-8(12)10-7-1-4-9-5-2-7/h1-2,4-5,11H,3,6H2,(H,9,10,12). The van der Waals surface area contributed by atoms with Gasteiger partial charge in [0.2, 0.25) is 5.91 Å². The number of hydrogen-bond donors (Lipinski definition) is 2. The molecule has 0 saturated heterocycles. The molecule has 0 bridgehead atoms. The van der Waals surface area contributed by atoms with Crippen LogP contribution in [0.5, 0.6) is 0 Å². The molecule has 1 rings (SSSR count). The van der Waals surface area contributed by atoms with Crippen LogP contribution in [0.1, 0.15) is 6.42 Å². The van der Waals surface area contributed by atoms with E-state index in [0.717, 1.165) is 0 Å². The molecular weight excluding hydrogens is 156 g/mol. The molecule has 12 heavy (non-hydrogen) atoms. The van der Waals surface area contributed by atoms with Crippen molar-refractivity contribution in [2.24, 2.45) is 0 Å². The van der Waals surface area contributed by atoms with E-state index in [1.807, 2.05) is 0 Å². The average molecular weight is 166 g/mol. The quantitative estimate of drug-likeness (QED) is 0.683. The highest BCUT2D eigenvalue weighted by atomic mass is 16.3. The summed E-state index contributed by atoms with van der Waals surface area (Å²) in [4.78, 5) is 14.7. The van der Waals surface area contributed by atoms with Crippen LogP contribution in [0.25, 0.3) is 0 Å². The zero-order valence-electron chi connectivity index (χ0n) is 6.53. The van der Waals surface area contributed by atoms with Crippen molar-refractivity contribution in [3.05, 3.63) is 24.5 Å². The highest BCUT2D eigenvalue weighted by Crippen LogP contribution is 2.02. The van der Waals surface area contributed by atoms with Gasteiger partial charge in [-0.3, -0.25) is 9.78 Å². The van der Waals surface area contributed by atoms with Crippen LogP contribution in [0.3, 0.4) is 0 Å². The first kappa shape index (κ1) is 8.67. The first-order valence-electron chi connectivity index (χ1n) is 3.63. The summed E-state index contributed by atoms with van der Waals surface area (Å²) < 4.78 is 0. The predicted octanol–water partition coefficient (Wildman–Crippen LogP) is 0.402. The van der Waals surface area contributed by atoms with Gasteiger partial charge in [-0.15, -0.1) is 0 Å². The molecule has 0 spiro atoms. The largest absolute Gasteiger partial charge is 0.396 e. The summed E-state index contributed by atoms with van der Waals surface area (Å²) >= 11 is 0. The summed E-state index contributed by atoms with van der Waals surface area (Å²) in [6.45, 7) is -0.128. The summed E-state index contributed by atoms with van der Waals surface area (Å²) in [5.41, 5.74) is 0.698. The first-order chi connectivity index (χ1) is 5.83. The number of carbonyl (C=O) groups is 1. The summed E-state index contributed by atoms with van der Waals surface area (Å²) in [7, 11) is 0. The van der Waals surface area contributed by atoms with Gasteiger partial charge in [0.1, 0.15) is 0 Å². The van der Waals surface area contributed by atoms with Gasteiger partial charge >= 0.3 is 0 Å². The highest BCUT2D eigenvalue weighted by molar-refractivity contribution is 5.90. The molecule has 0 aliphatic heterocycles. The van der Waals surface area contributed by atoms with E-state index in [4.69, 9.17) is 5.11 Å². The Bertz CT molecular complexity index is 248. The van der Waals surface area contributed by atoms with Crippen LogP contribution in [0.15, 0.2) is 24.5 Å². The van der Waals surface area contributed by atoms with Crippen molar-refractivity contribution in [1.82, 2.24) is 4.98 Å². The van der Waals surface area contributed by atoms with Gasteiger partial charge in [-0.1, -0.05) is 0 Å². The fourth-order valence-corrected chi connectivity index (χ4v) is 0.760. The van der Waals surface area contributed by atoms with Crippen LogP contribution in [0.2, 0.25) is 0 Å². The molecule has 0 aliphatic carbocycles. The van der Waals surface area contributed by atoms with Gasteiger partial charge < -0.3 is 10.4 Å². The van der Waals surface area contributed by atoms with E-state index in [0.29, 0.717) is 5.69 Å². The van der Waals surface area contributed by atoms with Gasteiger partial charge in [0.25, 0.3) is 0 Å². The normalized spacial score (nSPS) is 9.42. The fraction of sp³-hybridized carbons (Fsp3) is 0.250. The molecule has 0 atom stereocenters. The van der Waals surface area contributed by atoms with E-state index in [1.54, 1.807) is 24.5 Å². The Morgan fingerprint density at radius 2 is 2.17 bits per heavy atom. The maximum Gasteiger partial charge on any atom is 0.226 e. The van der Waals surface area contributed by atoms with Gasteiger partial charge in [0.05, 0.1) is 13.0 Å². The second kappa shape index (κ2) is 4.46. The van der Waals surface area contributed by atoms with Crippen molar-refractivity contribution in [3.63, 3.8) is 0 Å². The van der Waals surface area contributed by atoms with Crippen LogP contribution in [-0.2, 0) is 4.79 Å². The molecule has 1 aromatic rings. The maximum absolute atomic E-state index is 10.9. The number of rotatable bonds is 3. The third-order valence-corrected chi connectivity index (χ3v) is 1.30. The number of aliphatic hydroxyl groups is 1. The Hall–Kier alpha value is -1.42. The third-order valence-electron chi connectivity index (χ3n) is 1.30. The topological polar surface area (TPSA) is 62.2 Å². The number of hydrogen-bond acceptors (Lipinski definition) is 3. The molecule has 4 heteroatoms. The molecule has 4 nitrogen and oxygen atoms in total. The smallest absolute Gasteiger partial charge is 0.226 e. The molecule has 0 fully saturated rings. The predicted molar refractivity (Wildman–Crippen MR) is 44.6 cm³/mol. The van der Waals surface area contributed by atoms with E-state index in [-0.39, 0.29) is 18.9 Å². The number of pyridine rings is 1. The van der Waals surface area contributed by atoms with Crippen LogP contribution in [0, 0.1) is 0 Å². The number of nitrogens with one attached hydrogen (secondary N) is 1. The summed E-state index contributed by atoms with van der Waals surface area (Å²) in [6.07, 6.45) is 3.31. The second-order valence-corrected chi connectivity index (χ2v) is 2.26. The molecule has 1 heterocycles. The molecule has 0 radical (unpaired) electrons. The van der Waals surface area contributed by atoms with Gasteiger partial charge in [0.15, 0.2) is 0 Å². The molecular formula is C8H10N2O2. The summed E-state index contributed by atoms with van der Waals surface area (Å²) in [5, 5.41) is 11.0. The Morgan fingerprint density at radius 3 is 2.75 bits per heavy atom. The second-order valence-electron chi connectivity index (χ2n) is 2.26. The Kier molecular flexibility index (Phi) is 3.22. The zero-order chi connectivity index (χ0) is 8.81. The van der Waals surface area contributed by atoms with Crippen molar-refractivity contribution in [2.75, 3.05) is 11.9 Å². The van der Waals surface area contributed by atoms with Crippen LogP contribution in [-0.4, -0.2) is 22.6 Å². The molecule has 0 unspecified atom stereocenters. The van der Waals surface area contributed by atoms with E-state index in [9.17, 15) is 4.79 Å². The van der Waals surface area contributed by atoms with Crippen LogP contribution in [0.4, 0.5) is 5.69 Å². The minimum Gasteiger partial charge on any atom is -0.396 e. The van der Waals surface area contributed by atoms with Gasteiger partial charge in [-0.05, 0) is 12.1 Å². The van der Waals surface area contributed by atoms with Crippen LogP contribution < -0.4 is 5.32 Å². The number of carbonyl (C=O) groups excluding carboxylic acids is 1. The van der Waals surface area contributed by atoms with Crippen molar-refractivity contribution < 1.29 is 9.90 Å². The van der Waals surface area contributed by atoms with E-state index >= 15 is 0 Å². The number of nitrogens with zero attached hydrogens (tertiary/aromatic N) is 1. The summed E-state index contributed by atoms with van der Waals surface area (Å²) in [6, 6.07) is 3.38. The Balaban J connectivity index is 2.47. The van der Waals surface area contributed by atoms with Gasteiger partial charge in [-0.2, -0.15) is 0 Å². The number of amides is 1. The number of aliphatic hydroxyl groups excluding tert-OH is 1. The number of aromatic nitrogens is 1. The van der Waals surface area contributed by atoms with E-state index < -0.39 is 0 Å². The lowest BCUT2D eigenvalue weighted by Crippen LogP contribution is -2.12. The van der Waals surface area contributed by atoms with Crippen molar-refractivity contribution in [1.29, 1.82) is 0 Å². The van der Waals surface area contributed by atoms with Crippen molar-refractivity contribution >= 4 is 11.6 Å². The summed E-state index contributed by atoms with van der Waals surface area (Å²) in [5.74, 6) is -0.191. The lowest BCUT2D eigenvalue weighted by atomic mass is 10.3. The minimum atomic E-state index is -0.191. The monoisotopic (exact) mass is 166 g/mol. The molecule has 0 aliphatic rings. The zero-order valence-corrected chi connectivity index (χ0v) is 6.53. The average Bonchev–Trinajstić information content (AvgIpc) is 2.06. The van der Waals surface area contributed by atoms with Crippen molar-refractivity contribution in [3.8, 4) is 0 Å². The van der Waals surface area contributed by atoms with Crippen LogP contribution >= 0.6 is 0 Å². The van der Waals surface area contributed by atoms with E-state index in [1.165, 1.54) is 0 Å². The molecule has 0 saturated carbocycles. The molecule has 0 aromatic carbocycles. The lowest BCUT2D eigenvalue weighted by Gasteiger charge is -2.01. The first-order valence-corrected chi connectivity index (χ1v) is 3.63. The van der Waals surface area contributed by atoms with Gasteiger partial charge in [0, 0.05) is 18.1 Å². The van der Waals surface area contributed by atoms with Crippen molar-refractivity contribution in [2.45, 2.75) is 6.42 Å². The maximum atomic E-state index is 10.9.